The first-order valence-electron chi connectivity index (χ1n) is 9.32. The summed E-state index contributed by atoms with van der Waals surface area (Å²) < 4.78 is 27.9. The summed E-state index contributed by atoms with van der Waals surface area (Å²) >= 11 is 1.33. The van der Waals surface area contributed by atoms with Crippen molar-refractivity contribution in [2.75, 3.05) is 18.2 Å². The van der Waals surface area contributed by atoms with E-state index < -0.39 is 34.2 Å². The van der Waals surface area contributed by atoms with Gasteiger partial charge in [-0.25, -0.2) is 13.2 Å². The van der Waals surface area contributed by atoms with Gasteiger partial charge < -0.3 is 15.8 Å². The van der Waals surface area contributed by atoms with Crippen molar-refractivity contribution in [3.63, 3.8) is 0 Å². The fourth-order valence-electron chi connectivity index (χ4n) is 3.38. The molecular weight excluding hydrogens is 428 g/mol. The van der Waals surface area contributed by atoms with Crippen LogP contribution in [-0.2, 0) is 38.0 Å². The van der Waals surface area contributed by atoms with Crippen molar-refractivity contribution in [2.45, 2.75) is 31.4 Å². The number of primary amides is 1. The van der Waals surface area contributed by atoms with Gasteiger partial charge in [-0.15, -0.1) is 11.3 Å². The van der Waals surface area contributed by atoms with E-state index in [1.807, 2.05) is 0 Å². The molecule has 3 N–H and O–H groups in total. The molecular formula is C20H22N2O6S2. The Morgan fingerprint density at radius 3 is 2.63 bits per heavy atom. The van der Waals surface area contributed by atoms with Crippen LogP contribution in [0.4, 0.5) is 5.00 Å². The number of aryl methyl sites for hydroxylation is 1. The highest BCUT2D eigenvalue weighted by atomic mass is 32.2. The third-order valence-corrected chi connectivity index (χ3v) is 6.66. The summed E-state index contributed by atoms with van der Waals surface area (Å²) in [5.74, 6) is -2.13. The Labute approximate surface area is 178 Å². The minimum atomic E-state index is -3.25. The van der Waals surface area contributed by atoms with Gasteiger partial charge in [0.05, 0.1) is 16.9 Å². The molecule has 1 aliphatic carbocycles. The number of carbonyl (C=O) groups excluding carboxylic acids is 3. The molecule has 0 atom stereocenters. The fourth-order valence-corrected chi connectivity index (χ4v) is 5.48. The van der Waals surface area contributed by atoms with Crippen LogP contribution in [0.25, 0.3) is 0 Å². The van der Waals surface area contributed by atoms with E-state index in [1.54, 1.807) is 12.1 Å². The average molecular weight is 451 g/mol. The molecule has 8 nitrogen and oxygen atoms in total. The molecule has 0 fully saturated rings. The summed E-state index contributed by atoms with van der Waals surface area (Å²) in [4.78, 5) is 37.4. The van der Waals surface area contributed by atoms with E-state index in [1.165, 1.54) is 23.5 Å². The number of hydrogen-bond donors (Lipinski definition) is 2. The highest BCUT2D eigenvalue weighted by Gasteiger charge is 2.25. The minimum absolute atomic E-state index is 0.147. The number of fused-ring (bicyclic) bond motifs is 1. The molecule has 2 aromatic rings. The number of sulfone groups is 1. The second kappa shape index (κ2) is 8.97. The van der Waals surface area contributed by atoms with Crippen LogP contribution in [0, 0.1) is 0 Å². The fraction of sp³-hybridized carbons (Fsp3) is 0.350. The monoisotopic (exact) mass is 450 g/mol. The maximum Gasteiger partial charge on any atom is 0.338 e. The van der Waals surface area contributed by atoms with Crippen LogP contribution in [0.5, 0.6) is 0 Å². The molecule has 0 bridgehead atoms. The Balaban J connectivity index is 1.64. The van der Waals surface area contributed by atoms with Gasteiger partial charge in [0.15, 0.2) is 16.4 Å². The van der Waals surface area contributed by atoms with Crippen molar-refractivity contribution in [2.24, 2.45) is 5.73 Å². The lowest BCUT2D eigenvalue weighted by atomic mass is 9.95. The van der Waals surface area contributed by atoms with Crippen molar-refractivity contribution in [1.29, 1.82) is 0 Å². The number of nitrogens with one attached hydrogen (secondary N) is 1. The molecule has 0 saturated carbocycles. The van der Waals surface area contributed by atoms with E-state index in [0.29, 0.717) is 16.1 Å². The van der Waals surface area contributed by atoms with Crippen LogP contribution in [0.3, 0.4) is 0 Å². The Morgan fingerprint density at radius 1 is 1.20 bits per heavy atom. The Bertz CT molecular complexity index is 1100. The molecule has 1 aliphatic rings. The topological polar surface area (TPSA) is 133 Å². The molecule has 0 unspecified atom stereocenters. The second-order valence-corrected chi connectivity index (χ2v) is 10.4. The molecule has 0 aliphatic heterocycles. The van der Waals surface area contributed by atoms with E-state index in [2.05, 4.69) is 5.32 Å². The molecule has 3 rings (SSSR count). The zero-order valence-corrected chi connectivity index (χ0v) is 18.0. The van der Waals surface area contributed by atoms with Crippen molar-refractivity contribution < 1.29 is 27.5 Å². The van der Waals surface area contributed by atoms with Crippen molar-refractivity contribution in [3.8, 4) is 0 Å². The lowest BCUT2D eigenvalue weighted by molar-refractivity contribution is -0.119. The molecule has 1 aromatic heterocycles. The second-order valence-electron chi connectivity index (χ2n) is 7.17. The molecule has 160 valence electrons. The van der Waals surface area contributed by atoms with Crippen LogP contribution in [-0.4, -0.2) is 39.1 Å². The highest BCUT2D eigenvalue weighted by Crippen LogP contribution is 2.37. The zero-order chi connectivity index (χ0) is 21.9. The number of thiophene rings is 1. The molecule has 0 saturated heterocycles. The van der Waals surface area contributed by atoms with E-state index in [-0.39, 0.29) is 11.3 Å². The van der Waals surface area contributed by atoms with E-state index in [9.17, 15) is 22.8 Å². The number of rotatable bonds is 7. The van der Waals surface area contributed by atoms with Gasteiger partial charge in [0.1, 0.15) is 5.00 Å². The largest absolute Gasteiger partial charge is 0.452 e. The van der Waals surface area contributed by atoms with Gasteiger partial charge in [-0.05, 0) is 48.9 Å². The van der Waals surface area contributed by atoms with E-state index in [0.717, 1.165) is 42.4 Å². The number of anilines is 1. The average Bonchev–Trinajstić information content (AvgIpc) is 3.02. The van der Waals surface area contributed by atoms with Crippen LogP contribution in [0.15, 0.2) is 24.3 Å². The van der Waals surface area contributed by atoms with E-state index >= 15 is 0 Å². The summed E-state index contributed by atoms with van der Waals surface area (Å²) in [6, 6.07) is 6.03. The molecule has 30 heavy (non-hydrogen) atoms. The number of esters is 1. The summed E-state index contributed by atoms with van der Waals surface area (Å²) in [7, 11) is -3.25. The third-order valence-electron chi connectivity index (χ3n) is 4.60. The predicted molar refractivity (Wildman–Crippen MR) is 113 cm³/mol. The van der Waals surface area contributed by atoms with Gasteiger partial charge in [-0.3, -0.25) is 9.59 Å². The molecule has 2 amide bonds. The SMILES string of the molecule is CS(=O)(=O)Cc1cccc(C(=O)OCC(=O)Nc2sc3c(c2C(N)=O)CCCC3)c1. The number of benzene rings is 1. The minimum Gasteiger partial charge on any atom is -0.452 e. The molecule has 0 spiro atoms. The summed E-state index contributed by atoms with van der Waals surface area (Å²) in [5, 5.41) is 3.00. The Morgan fingerprint density at radius 2 is 1.93 bits per heavy atom. The van der Waals surface area contributed by atoms with Crippen molar-refractivity contribution in [1.82, 2.24) is 0 Å². The van der Waals surface area contributed by atoms with Crippen LogP contribution < -0.4 is 11.1 Å². The van der Waals surface area contributed by atoms with Crippen LogP contribution in [0.1, 0.15) is 49.6 Å². The molecule has 10 heteroatoms. The first-order valence-corrected chi connectivity index (χ1v) is 12.2. The Kier molecular flexibility index (Phi) is 6.57. The molecule has 1 heterocycles. The van der Waals surface area contributed by atoms with Crippen molar-refractivity contribution >= 4 is 44.0 Å². The summed E-state index contributed by atoms with van der Waals surface area (Å²) in [5.41, 5.74) is 7.33. The van der Waals surface area contributed by atoms with Gasteiger partial charge in [0.25, 0.3) is 11.8 Å². The summed E-state index contributed by atoms with van der Waals surface area (Å²) in [6.07, 6.45) is 4.68. The lowest BCUT2D eigenvalue weighted by Crippen LogP contribution is -2.23. The maximum absolute atomic E-state index is 12.3. The molecule has 1 aromatic carbocycles. The quantitative estimate of drug-likeness (QED) is 0.621. The first kappa shape index (κ1) is 22.0. The lowest BCUT2D eigenvalue weighted by Gasteiger charge is -2.11. The van der Waals surface area contributed by atoms with Crippen LogP contribution >= 0.6 is 11.3 Å². The van der Waals surface area contributed by atoms with Gasteiger partial charge in [-0.2, -0.15) is 0 Å². The molecule has 0 radical (unpaired) electrons. The van der Waals surface area contributed by atoms with Gasteiger partial charge in [0, 0.05) is 11.1 Å². The maximum atomic E-state index is 12.3. The number of carbonyl (C=O) groups is 3. The number of hydrogen-bond acceptors (Lipinski definition) is 7. The Hall–Kier alpha value is -2.72. The smallest absolute Gasteiger partial charge is 0.338 e. The standard InChI is InChI=1S/C20H22N2O6S2/c1-30(26,27)11-12-5-4-6-13(9-12)20(25)28-10-16(23)22-19-17(18(21)24)14-7-2-3-8-15(14)29-19/h4-6,9H,2-3,7-8,10-11H2,1H3,(H2,21,24)(H,22,23). The number of amides is 2. The summed E-state index contributed by atoms with van der Waals surface area (Å²) in [6.45, 7) is -0.546. The van der Waals surface area contributed by atoms with E-state index in [4.69, 9.17) is 10.5 Å². The number of nitrogens with two attached hydrogens (primary N) is 1. The third kappa shape index (κ3) is 5.45. The van der Waals surface area contributed by atoms with Gasteiger partial charge in [-0.1, -0.05) is 12.1 Å². The number of ether oxygens (including phenoxy) is 1. The van der Waals surface area contributed by atoms with Crippen LogP contribution in [0.2, 0.25) is 0 Å². The van der Waals surface area contributed by atoms with Gasteiger partial charge in [0.2, 0.25) is 0 Å². The normalized spacial score (nSPS) is 13.4. The van der Waals surface area contributed by atoms with Gasteiger partial charge >= 0.3 is 5.97 Å². The predicted octanol–water partition coefficient (Wildman–Crippen LogP) is 2.07. The first-order chi connectivity index (χ1) is 14.1. The highest BCUT2D eigenvalue weighted by molar-refractivity contribution is 7.89. The van der Waals surface area contributed by atoms with Crippen molar-refractivity contribution in [3.05, 3.63) is 51.4 Å². The zero-order valence-electron chi connectivity index (χ0n) is 16.4.